The highest BCUT2D eigenvalue weighted by molar-refractivity contribution is 5.67. The lowest BCUT2D eigenvalue weighted by Crippen LogP contribution is -2.50. The molecule has 0 unspecified atom stereocenters. The van der Waals surface area contributed by atoms with E-state index in [4.69, 9.17) is 0 Å². The molecule has 0 aliphatic rings. The van der Waals surface area contributed by atoms with Gasteiger partial charge in [0.05, 0.1) is 11.4 Å². The van der Waals surface area contributed by atoms with Crippen LogP contribution in [-0.4, -0.2) is 9.38 Å². The second-order valence-corrected chi connectivity index (χ2v) is 5.73. The summed E-state index contributed by atoms with van der Waals surface area (Å²) in [4.78, 5) is 17.7. The van der Waals surface area contributed by atoms with E-state index in [1.165, 1.54) is 0 Å². The minimum atomic E-state index is -0.193. The Labute approximate surface area is 153 Å². The molecular weight excluding hydrogens is 320 g/mol. The number of imidazole rings is 1. The Balaban J connectivity index is 3.14. The predicted molar refractivity (Wildman–Crippen MR) is 114 cm³/mol. The maximum atomic E-state index is 13.2. The van der Waals surface area contributed by atoms with Crippen molar-refractivity contribution in [3.05, 3.63) is 99.7 Å². The van der Waals surface area contributed by atoms with E-state index in [0.29, 0.717) is 27.5 Å². The molecule has 0 bridgehead atoms. The number of rotatable bonds is 6. The first-order valence-electron chi connectivity index (χ1n) is 8.11. The highest BCUT2D eigenvalue weighted by Gasteiger charge is 2.12. The molecule has 0 saturated heterocycles. The summed E-state index contributed by atoms with van der Waals surface area (Å²) in [7, 11) is 0. The SMILES string of the molecule is C=C/C=C\c1c(C=C)nc2/c(=C/C=C)c(=C)/c(=C\C=C/C(=C)C)c(=O)n12. The Hall–Kier alpha value is -3.46. The largest absolute Gasteiger partial charge is 0.268 e. The molecule has 2 aromatic rings. The Kier molecular flexibility index (Phi) is 5.86. The van der Waals surface area contributed by atoms with Crippen molar-refractivity contribution in [2.45, 2.75) is 6.92 Å². The highest BCUT2D eigenvalue weighted by Crippen LogP contribution is 2.11. The Morgan fingerprint density at radius 2 is 1.81 bits per heavy atom. The molecule has 0 radical (unpaired) electrons. The fraction of sp³-hybridized carbons (Fsp3) is 0.0435. The van der Waals surface area contributed by atoms with E-state index in [0.717, 1.165) is 10.8 Å². The third kappa shape index (κ3) is 3.47. The van der Waals surface area contributed by atoms with Crippen LogP contribution in [0.4, 0.5) is 0 Å². The molecule has 0 amide bonds. The predicted octanol–water partition coefficient (Wildman–Crippen LogP) is 2.55. The van der Waals surface area contributed by atoms with Crippen molar-refractivity contribution in [1.29, 1.82) is 0 Å². The second-order valence-electron chi connectivity index (χ2n) is 5.73. The number of fused-ring (bicyclic) bond motifs is 1. The molecule has 0 spiro atoms. The lowest BCUT2D eigenvalue weighted by atomic mass is 10.2. The van der Waals surface area contributed by atoms with Gasteiger partial charge in [-0.25, -0.2) is 4.98 Å². The molecule has 0 aliphatic carbocycles. The number of allylic oxidation sites excluding steroid dienone is 6. The average molecular weight is 342 g/mol. The van der Waals surface area contributed by atoms with Crippen LogP contribution in [0.2, 0.25) is 0 Å². The van der Waals surface area contributed by atoms with Gasteiger partial charge in [-0.2, -0.15) is 0 Å². The summed E-state index contributed by atoms with van der Waals surface area (Å²) < 4.78 is 1.57. The van der Waals surface area contributed by atoms with Crippen LogP contribution >= 0.6 is 0 Å². The van der Waals surface area contributed by atoms with Crippen molar-refractivity contribution in [2.24, 2.45) is 0 Å². The molecule has 3 heteroatoms. The summed E-state index contributed by atoms with van der Waals surface area (Å²) >= 11 is 0. The van der Waals surface area contributed by atoms with Gasteiger partial charge in [-0.15, -0.1) is 0 Å². The van der Waals surface area contributed by atoms with Gasteiger partial charge in [-0.3, -0.25) is 9.20 Å². The monoisotopic (exact) mass is 342 g/mol. The topological polar surface area (TPSA) is 34.4 Å². The van der Waals surface area contributed by atoms with Gasteiger partial charge < -0.3 is 0 Å². The maximum Gasteiger partial charge on any atom is 0.264 e. The molecule has 2 rings (SSSR count). The number of aromatic nitrogens is 2. The van der Waals surface area contributed by atoms with Gasteiger partial charge in [0, 0.05) is 10.4 Å². The maximum absolute atomic E-state index is 13.2. The molecule has 2 aromatic heterocycles. The average Bonchev–Trinajstić information content (AvgIpc) is 2.98. The third-order valence-electron chi connectivity index (χ3n) is 3.78. The number of hydrogen-bond acceptors (Lipinski definition) is 2. The third-order valence-corrected chi connectivity index (χ3v) is 3.78. The molecule has 3 nitrogen and oxygen atoms in total. The number of nitrogens with zero attached hydrogens (tertiary/aromatic N) is 2. The van der Waals surface area contributed by atoms with Crippen LogP contribution in [0.25, 0.3) is 36.5 Å². The van der Waals surface area contributed by atoms with Crippen LogP contribution in [0.15, 0.2) is 67.1 Å². The van der Waals surface area contributed by atoms with Crippen LogP contribution in [0.5, 0.6) is 0 Å². The van der Waals surface area contributed by atoms with Crippen LogP contribution in [0, 0.1) is 0 Å². The van der Waals surface area contributed by atoms with Gasteiger partial charge in [-0.1, -0.05) is 74.9 Å². The molecule has 130 valence electrons. The molecule has 0 N–H and O–H groups in total. The van der Waals surface area contributed by atoms with Crippen molar-refractivity contribution in [3.8, 4) is 0 Å². The normalized spacial score (nSPS) is 13.1. The van der Waals surface area contributed by atoms with Gasteiger partial charge >= 0.3 is 0 Å². The van der Waals surface area contributed by atoms with Crippen molar-refractivity contribution >= 4 is 36.5 Å². The summed E-state index contributed by atoms with van der Waals surface area (Å²) in [5.41, 5.74) is 2.50. The first-order valence-corrected chi connectivity index (χ1v) is 8.11. The molecule has 0 fully saturated rings. The minimum absolute atomic E-state index is 0.193. The Bertz CT molecular complexity index is 1190. The molecule has 2 heterocycles. The van der Waals surface area contributed by atoms with E-state index >= 15 is 0 Å². The Morgan fingerprint density at radius 3 is 2.38 bits per heavy atom. The molecule has 0 aliphatic heterocycles. The summed E-state index contributed by atoms with van der Waals surface area (Å²) in [6.45, 7) is 21.0. The van der Waals surface area contributed by atoms with Gasteiger partial charge in [0.2, 0.25) is 0 Å². The lowest BCUT2D eigenvalue weighted by molar-refractivity contribution is 1.06. The molecule has 0 saturated carbocycles. The smallest absolute Gasteiger partial charge is 0.264 e. The van der Waals surface area contributed by atoms with Crippen LogP contribution in [0.1, 0.15) is 18.3 Å². The zero-order chi connectivity index (χ0) is 19.3. The van der Waals surface area contributed by atoms with Gasteiger partial charge in [0.1, 0.15) is 5.65 Å². The van der Waals surface area contributed by atoms with Crippen molar-refractivity contribution in [2.75, 3.05) is 0 Å². The van der Waals surface area contributed by atoms with Crippen molar-refractivity contribution < 1.29 is 0 Å². The van der Waals surface area contributed by atoms with Crippen LogP contribution < -0.4 is 21.2 Å². The second kappa shape index (κ2) is 8.08. The number of hydrogen-bond donors (Lipinski definition) is 0. The van der Waals surface area contributed by atoms with E-state index < -0.39 is 0 Å². The Morgan fingerprint density at radius 1 is 1.08 bits per heavy atom. The van der Waals surface area contributed by atoms with Gasteiger partial charge in [0.25, 0.3) is 5.56 Å². The first-order chi connectivity index (χ1) is 12.5. The van der Waals surface area contributed by atoms with E-state index in [1.807, 2.05) is 13.0 Å². The van der Waals surface area contributed by atoms with E-state index in [2.05, 4.69) is 37.9 Å². The zero-order valence-corrected chi connectivity index (χ0v) is 15.0. The van der Waals surface area contributed by atoms with Crippen LogP contribution in [-0.2, 0) is 0 Å². The fourth-order valence-corrected chi connectivity index (χ4v) is 2.61. The number of pyridine rings is 1. The quantitative estimate of drug-likeness (QED) is 0.756. The van der Waals surface area contributed by atoms with Crippen LogP contribution in [0.3, 0.4) is 0 Å². The van der Waals surface area contributed by atoms with Crippen molar-refractivity contribution in [3.63, 3.8) is 0 Å². The summed E-state index contributed by atoms with van der Waals surface area (Å²) in [6, 6.07) is 0. The summed E-state index contributed by atoms with van der Waals surface area (Å²) in [5, 5.41) is 1.84. The van der Waals surface area contributed by atoms with E-state index in [9.17, 15) is 4.79 Å². The lowest BCUT2D eigenvalue weighted by Gasteiger charge is -1.99. The highest BCUT2D eigenvalue weighted by atomic mass is 16.1. The van der Waals surface area contributed by atoms with E-state index in [1.54, 1.807) is 53.0 Å². The molecular formula is C23H22N2O. The summed E-state index contributed by atoms with van der Waals surface area (Å²) in [6.07, 6.45) is 15.7. The van der Waals surface area contributed by atoms with Gasteiger partial charge in [-0.05, 0) is 30.4 Å². The minimum Gasteiger partial charge on any atom is -0.268 e. The zero-order valence-electron chi connectivity index (χ0n) is 15.0. The van der Waals surface area contributed by atoms with Crippen molar-refractivity contribution in [1.82, 2.24) is 9.38 Å². The standard InChI is InChI=1S/C23H22N2O/c1-7-10-15-21-20(9-3)24-22-18(12-8-2)17(6)19(23(26)25(21)22)14-11-13-16(4)5/h7-15H,1-4,6H2,5H3/b13-11-,15-10-,18-12+,19-14+. The van der Waals surface area contributed by atoms with E-state index in [-0.39, 0.29) is 5.56 Å². The first kappa shape index (κ1) is 18.9. The van der Waals surface area contributed by atoms with Gasteiger partial charge in [0.15, 0.2) is 0 Å². The molecule has 0 atom stereocenters. The fourth-order valence-electron chi connectivity index (χ4n) is 2.61. The molecule has 0 aromatic carbocycles. The summed E-state index contributed by atoms with van der Waals surface area (Å²) in [5.74, 6) is 0. The molecule has 26 heavy (non-hydrogen) atoms.